The van der Waals surface area contributed by atoms with Gasteiger partial charge in [0.25, 0.3) is 0 Å². The van der Waals surface area contributed by atoms with E-state index in [9.17, 15) is 0 Å². The van der Waals surface area contributed by atoms with Crippen molar-refractivity contribution in [1.82, 2.24) is 20.3 Å². The summed E-state index contributed by atoms with van der Waals surface area (Å²) in [7, 11) is 5.54. The molecule has 0 aliphatic carbocycles. The van der Waals surface area contributed by atoms with Crippen LogP contribution in [0.3, 0.4) is 0 Å². The monoisotopic (exact) mass is 290 g/mol. The molecule has 1 aromatic heterocycles. The molecule has 0 aliphatic heterocycles. The van der Waals surface area contributed by atoms with Crippen molar-refractivity contribution < 1.29 is 4.74 Å². The fourth-order valence-electron chi connectivity index (χ4n) is 1.62. The zero-order valence-electron chi connectivity index (χ0n) is 10.4. The molecule has 6 heteroatoms. The number of nitrogens with one attached hydrogen (secondary N) is 1. The number of hydrogen-bond donors (Lipinski definition) is 1. The predicted molar refractivity (Wildman–Crippen MR) is 66.2 cm³/mol. The van der Waals surface area contributed by atoms with Gasteiger partial charge < -0.3 is 10.1 Å². The van der Waals surface area contributed by atoms with Crippen molar-refractivity contribution in [3.05, 3.63) is 10.3 Å². The lowest BCUT2D eigenvalue weighted by Gasteiger charge is -2.28. The number of aryl methyl sites for hydroxylation is 1. The minimum absolute atomic E-state index is 0.157. The van der Waals surface area contributed by atoms with Gasteiger partial charge in [-0.25, -0.2) is 4.68 Å². The van der Waals surface area contributed by atoms with Gasteiger partial charge in [0, 0.05) is 14.2 Å². The summed E-state index contributed by atoms with van der Waals surface area (Å²) in [5.74, 6) is 0. The van der Waals surface area contributed by atoms with Gasteiger partial charge in [0.05, 0.1) is 17.3 Å². The van der Waals surface area contributed by atoms with Crippen LogP contribution in [0.4, 0.5) is 0 Å². The molecule has 0 aliphatic rings. The van der Waals surface area contributed by atoms with E-state index >= 15 is 0 Å². The molecule has 1 N–H and O–H groups in total. The van der Waals surface area contributed by atoms with Crippen molar-refractivity contribution in [1.29, 1.82) is 0 Å². The third kappa shape index (κ3) is 3.02. The van der Waals surface area contributed by atoms with E-state index in [4.69, 9.17) is 4.74 Å². The predicted octanol–water partition coefficient (Wildman–Crippen LogP) is 1.65. The topological polar surface area (TPSA) is 52.0 Å². The van der Waals surface area contributed by atoms with E-state index in [1.54, 1.807) is 11.8 Å². The number of methoxy groups -OCH3 is 1. The Morgan fingerprint density at radius 1 is 1.56 bits per heavy atom. The molecule has 16 heavy (non-hydrogen) atoms. The molecule has 1 aromatic rings. The average Bonchev–Trinajstić information content (AvgIpc) is 2.56. The van der Waals surface area contributed by atoms with Crippen LogP contribution < -0.4 is 5.32 Å². The Bertz CT molecular complexity index is 331. The highest BCUT2D eigenvalue weighted by Gasteiger charge is 2.27. The molecular formula is C10H19BrN4O. The molecule has 0 saturated heterocycles. The van der Waals surface area contributed by atoms with Gasteiger partial charge in [0.2, 0.25) is 0 Å². The van der Waals surface area contributed by atoms with Gasteiger partial charge in [-0.05, 0) is 43.2 Å². The standard InChI is InChI=1S/C10H19BrN4O/c1-10(2,16-5)6-7(12-3)8-9(11)13-14-15(8)4/h7,12H,6H2,1-5H3. The third-order valence-electron chi connectivity index (χ3n) is 2.75. The average molecular weight is 291 g/mol. The van der Waals surface area contributed by atoms with Crippen LogP contribution in [0.25, 0.3) is 0 Å². The fraction of sp³-hybridized carbons (Fsp3) is 0.800. The molecule has 1 heterocycles. The SMILES string of the molecule is CNC(CC(C)(C)OC)c1c(Br)nnn1C. The Kier molecular flexibility index (Phi) is 4.46. The van der Waals surface area contributed by atoms with E-state index < -0.39 is 0 Å². The van der Waals surface area contributed by atoms with Crippen molar-refractivity contribution >= 4 is 15.9 Å². The second-order valence-corrected chi connectivity index (χ2v) is 5.15. The smallest absolute Gasteiger partial charge is 0.153 e. The van der Waals surface area contributed by atoms with Crippen LogP contribution >= 0.6 is 15.9 Å². The number of nitrogens with zero attached hydrogens (tertiary/aromatic N) is 3. The molecule has 1 atom stereocenters. The molecular weight excluding hydrogens is 272 g/mol. The molecule has 0 radical (unpaired) electrons. The Morgan fingerprint density at radius 2 is 2.19 bits per heavy atom. The lowest BCUT2D eigenvalue weighted by Crippen LogP contribution is -2.31. The van der Waals surface area contributed by atoms with Gasteiger partial charge in [0.15, 0.2) is 4.60 Å². The lowest BCUT2D eigenvalue weighted by atomic mass is 9.97. The highest BCUT2D eigenvalue weighted by atomic mass is 79.9. The number of rotatable bonds is 5. The van der Waals surface area contributed by atoms with Crippen LogP contribution in [-0.4, -0.2) is 34.8 Å². The number of hydrogen-bond acceptors (Lipinski definition) is 4. The van der Waals surface area contributed by atoms with Crippen molar-refractivity contribution in [3.63, 3.8) is 0 Å². The van der Waals surface area contributed by atoms with Crippen molar-refractivity contribution in [2.24, 2.45) is 7.05 Å². The molecule has 5 nitrogen and oxygen atoms in total. The maximum Gasteiger partial charge on any atom is 0.153 e. The maximum absolute atomic E-state index is 5.44. The number of aromatic nitrogens is 3. The van der Waals surface area contributed by atoms with Crippen LogP contribution in [0.2, 0.25) is 0 Å². The zero-order valence-corrected chi connectivity index (χ0v) is 12.0. The zero-order chi connectivity index (χ0) is 12.3. The summed E-state index contributed by atoms with van der Waals surface area (Å²) >= 11 is 3.41. The fourth-order valence-corrected chi connectivity index (χ4v) is 2.22. The molecule has 0 spiro atoms. The van der Waals surface area contributed by atoms with Crippen LogP contribution in [0.1, 0.15) is 32.0 Å². The van der Waals surface area contributed by atoms with E-state index in [0.717, 1.165) is 16.7 Å². The summed E-state index contributed by atoms with van der Waals surface area (Å²) in [6.45, 7) is 4.13. The summed E-state index contributed by atoms with van der Waals surface area (Å²) in [6, 6.07) is 0.157. The Balaban J connectivity index is 2.91. The highest BCUT2D eigenvalue weighted by molar-refractivity contribution is 9.10. The summed E-state index contributed by atoms with van der Waals surface area (Å²) in [5, 5.41) is 11.2. The van der Waals surface area contributed by atoms with E-state index in [1.165, 1.54) is 0 Å². The van der Waals surface area contributed by atoms with Crippen molar-refractivity contribution in [2.45, 2.75) is 31.9 Å². The first-order chi connectivity index (χ1) is 7.41. The molecule has 0 fully saturated rings. The van der Waals surface area contributed by atoms with Crippen LogP contribution in [0.15, 0.2) is 4.60 Å². The lowest BCUT2D eigenvalue weighted by molar-refractivity contribution is 0.00676. The van der Waals surface area contributed by atoms with E-state index in [0.29, 0.717) is 0 Å². The minimum Gasteiger partial charge on any atom is -0.379 e. The van der Waals surface area contributed by atoms with Gasteiger partial charge in [-0.1, -0.05) is 5.21 Å². The summed E-state index contributed by atoms with van der Waals surface area (Å²) in [4.78, 5) is 0. The summed E-state index contributed by atoms with van der Waals surface area (Å²) in [6.07, 6.45) is 0.847. The van der Waals surface area contributed by atoms with Crippen molar-refractivity contribution in [3.8, 4) is 0 Å². The largest absolute Gasteiger partial charge is 0.379 e. The Hall–Kier alpha value is -0.460. The first-order valence-corrected chi connectivity index (χ1v) is 5.98. The number of ether oxygens (including phenoxy) is 1. The molecule has 1 unspecified atom stereocenters. The Morgan fingerprint density at radius 3 is 2.56 bits per heavy atom. The first kappa shape index (κ1) is 13.6. The second-order valence-electron chi connectivity index (χ2n) is 4.40. The molecule has 0 saturated carbocycles. The van der Waals surface area contributed by atoms with E-state index in [1.807, 2.05) is 14.1 Å². The van der Waals surface area contributed by atoms with Gasteiger partial charge in [-0.2, -0.15) is 0 Å². The summed E-state index contributed by atoms with van der Waals surface area (Å²) in [5.41, 5.74) is 0.852. The molecule has 0 aromatic carbocycles. The second kappa shape index (κ2) is 5.25. The molecule has 92 valence electrons. The quantitative estimate of drug-likeness (QED) is 0.896. The van der Waals surface area contributed by atoms with Crippen LogP contribution in [0, 0.1) is 0 Å². The maximum atomic E-state index is 5.44. The van der Waals surface area contributed by atoms with E-state index in [2.05, 4.69) is 45.4 Å². The normalized spacial score (nSPS) is 14.1. The molecule has 0 amide bonds. The Labute approximate surface area is 105 Å². The highest BCUT2D eigenvalue weighted by Crippen LogP contribution is 2.28. The minimum atomic E-state index is -0.183. The van der Waals surface area contributed by atoms with Gasteiger partial charge >= 0.3 is 0 Å². The van der Waals surface area contributed by atoms with Crippen LogP contribution in [0.5, 0.6) is 0 Å². The van der Waals surface area contributed by atoms with E-state index in [-0.39, 0.29) is 11.6 Å². The van der Waals surface area contributed by atoms with Gasteiger partial charge in [-0.15, -0.1) is 5.10 Å². The van der Waals surface area contributed by atoms with Crippen LogP contribution in [-0.2, 0) is 11.8 Å². The molecule has 0 bridgehead atoms. The number of halogens is 1. The van der Waals surface area contributed by atoms with Gasteiger partial charge in [0.1, 0.15) is 0 Å². The van der Waals surface area contributed by atoms with Crippen molar-refractivity contribution in [2.75, 3.05) is 14.2 Å². The van der Waals surface area contributed by atoms with Gasteiger partial charge in [-0.3, -0.25) is 0 Å². The first-order valence-electron chi connectivity index (χ1n) is 5.18. The summed E-state index contributed by atoms with van der Waals surface area (Å²) < 4.78 is 8.00. The molecule has 1 rings (SSSR count). The third-order valence-corrected chi connectivity index (χ3v) is 3.32.